The number of sulfonamides is 1. The van der Waals surface area contributed by atoms with Crippen molar-refractivity contribution in [1.82, 2.24) is 24.2 Å². The summed E-state index contributed by atoms with van der Waals surface area (Å²) >= 11 is 0. The molecule has 2 aromatic carbocycles. The van der Waals surface area contributed by atoms with Gasteiger partial charge in [0.2, 0.25) is 10.0 Å². The highest BCUT2D eigenvalue weighted by molar-refractivity contribution is 7.89. The zero-order valence-electron chi connectivity index (χ0n) is 18.3. The number of hydrogen-bond donors (Lipinski definition) is 2. The van der Waals surface area contributed by atoms with Crippen LogP contribution in [0.2, 0.25) is 0 Å². The molecule has 0 amide bonds. The van der Waals surface area contributed by atoms with Crippen molar-refractivity contribution in [3.63, 3.8) is 0 Å². The second-order valence-electron chi connectivity index (χ2n) is 7.95. The van der Waals surface area contributed by atoms with Crippen molar-refractivity contribution < 1.29 is 23.4 Å². The smallest absolute Gasteiger partial charge is 0.323 e. The lowest BCUT2D eigenvalue weighted by atomic mass is 10.1. The third kappa shape index (κ3) is 4.36. The van der Waals surface area contributed by atoms with Gasteiger partial charge in [0.15, 0.2) is 5.65 Å². The molecule has 0 spiro atoms. The molecule has 3 heterocycles. The molecule has 1 aliphatic rings. The van der Waals surface area contributed by atoms with Crippen molar-refractivity contribution in [3.05, 3.63) is 67.3 Å². The summed E-state index contributed by atoms with van der Waals surface area (Å²) in [5.74, 6) is -0.745. The van der Waals surface area contributed by atoms with E-state index < -0.39 is 22.0 Å². The van der Waals surface area contributed by atoms with E-state index in [0.717, 1.165) is 15.4 Å². The van der Waals surface area contributed by atoms with Crippen molar-refractivity contribution >= 4 is 33.0 Å². The molecule has 35 heavy (non-hydrogen) atoms. The van der Waals surface area contributed by atoms with Gasteiger partial charge >= 0.3 is 5.97 Å². The van der Waals surface area contributed by atoms with Gasteiger partial charge in [0.05, 0.1) is 17.3 Å². The molecular weight excluding hydrogens is 472 g/mol. The number of hydrogen-bond acceptors (Lipinski definition) is 9. The van der Waals surface area contributed by atoms with Gasteiger partial charge in [-0.3, -0.25) is 4.79 Å². The summed E-state index contributed by atoms with van der Waals surface area (Å²) in [6.07, 6.45) is 4.36. The predicted octanol–water partition coefficient (Wildman–Crippen LogP) is 1.76. The fourth-order valence-corrected chi connectivity index (χ4v) is 5.58. The van der Waals surface area contributed by atoms with Crippen LogP contribution < -0.4 is 4.90 Å². The Labute approximate surface area is 200 Å². The van der Waals surface area contributed by atoms with Crippen molar-refractivity contribution in [2.45, 2.75) is 10.9 Å². The highest BCUT2D eigenvalue weighted by Gasteiger charge is 2.40. The first-order chi connectivity index (χ1) is 16.8. The molecule has 1 atom stereocenters. The summed E-state index contributed by atoms with van der Waals surface area (Å²) in [6.45, 7) is 0.0912. The summed E-state index contributed by atoms with van der Waals surface area (Å²) < 4.78 is 27.8. The molecule has 1 saturated heterocycles. The van der Waals surface area contributed by atoms with Crippen LogP contribution in [0.4, 0.5) is 5.82 Å². The molecule has 178 valence electrons. The van der Waals surface area contributed by atoms with Gasteiger partial charge in [-0.15, -0.1) is 0 Å². The Morgan fingerprint density at radius 1 is 1.00 bits per heavy atom. The van der Waals surface area contributed by atoms with E-state index in [1.165, 1.54) is 30.9 Å². The zero-order valence-corrected chi connectivity index (χ0v) is 19.1. The Hall–Kier alpha value is -4.16. The normalized spacial score (nSPS) is 16.9. The first-order valence-corrected chi connectivity index (χ1v) is 12.1. The summed E-state index contributed by atoms with van der Waals surface area (Å²) in [5.41, 5.74) is 2.32. The SMILES string of the molecule is O=C(O)C1CN(c2cnc3cncnc3n2)CCN1S(=O)(=O)c1ccc(-c2cccc(O)c2)cc1. The molecule has 2 aromatic heterocycles. The summed E-state index contributed by atoms with van der Waals surface area (Å²) in [7, 11) is -4.08. The molecule has 12 heteroatoms. The summed E-state index contributed by atoms with van der Waals surface area (Å²) in [6, 6.07) is 11.4. The molecule has 0 radical (unpaired) electrons. The maximum absolute atomic E-state index is 13.4. The number of aromatic hydroxyl groups is 1. The average Bonchev–Trinajstić information content (AvgIpc) is 2.88. The van der Waals surface area contributed by atoms with Crippen LogP contribution in [0.1, 0.15) is 0 Å². The number of fused-ring (bicyclic) bond motifs is 1. The molecule has 5 rings (SSSR count). The van der Waals surface area contributed by atoms with E-state index in [-0.39, 0.29) is 30.3 Å². The van der Waals surface area contributed by atoms with E-state index in [1.807, 2.05) is 0 Å². The molecule has 11 nitrogen and oxygen atoms in total. The highest BCUT2D eigenvalue weighted by Crippen LogP contribution is 2.28. The second kappa shape index (κ2) is 8.89. The lowest BCUT2D eigenvalue weighted by molar-refractivity contribution is -0.141. The van der Waals surface area contributed by atoms with Gasteiger partial charge in [0.25, 0.3) is 0 Å². The molecule has 1 unspecified atom stereocenters. The van der Waals surface area contributed by atoms with Crippen LogP contribution in [0.3, 0.4) is 0 Å². The molecule has 0 bridgehead atoms. The van der Waals surface area contributed by atoms with Crippen molar-refractivity contribution in [1.29, 1.82) is 0 Å². The molecule has 4 aromatic rings. The van der Waals surface area contributed by atoms with E-state index in [4.69, 9.17) is 0 Å². The molecule has 0 saturated carbocycles. The van der Waals surface area contributed by atoms with Crippen LogP contribution in [0.25, 0.3) is 22.3 Å². The maximum Gasteiger partial charge on any atom is 0.323 e. The van der Waals surface area contributed by atoms with E-state index in [2.05, 4.69) is 19.9 Å². The van der Waals surface area contributed by atoms with E-state index >= 15 is 0 Å². The minimum atomic E-state index is -4.08. The summed E-state index contributed by atoms with van der Waals surface area (Å²) in [4.78, 5) is 30.4. The van der Waals surface area contributed by atoms with Crippen LogP contribution in [0.5, 0.6) is 5.75 Å². The summed E-state index contributed by atoms with van der Waals surface area (Å²) in [5, 5.41) is 19.5. The largest absolute Gasteiger partial charge is 0.508 e. The highest BCUT2D eigenvalue weighted by atomic mass is 32.2. The topological polar surface area (TPSA) is 150 Å². The third-order valence-corrected chi connectivity index (χ3v) is 7.72. The van der Waals surface area contributed by atoms with Crippen LogP contribution in [0, 0.1) is 0 Å². The van der Waals surface area contributed by atoms with Gasteiger partial charge in [-0.2, -0.15) is 4.31 Å². The molecule has 2 N–H and O–H groups in total. The number of phenols is 1. The first kappa shape index (κ1) is 22.6. The third-order valence-electron chi connectivity index (χ3n) is 5.79. The van der Waals surface area contributed by atoms with Crippen LogP contribution in [-0.4, -0.2) is 74.5 Å². The number of nitrogens with zero attached hydrogens (tertiary/aromatic N) is 6. The van der Waals surface area contributed by atoms with Crippen molar-refractivity contribution in [2.75, 3.05) is 24.5 Å². The van der Waals surface area contributed by atoms with Gasteiger partial charge in [-0.05, 0) is 35.4 Å². The second-order valence-corrected chi connectivity index (χ2v) is 9.84. The fourth-order valence-electron chi connectivity index (χ4n) is 4.01. The van der Waals surface area contributed by atoms with Gasteiger partial charge in [-0.1, -0.05) is 24.3 Å². The maximum atomic E-state index is 13.4. The molecule has 1 aliphatic heterocycles. The Balaban J connectivity index is 1.40. The van der Waals surface area contributed by atoms with Gasteiger partial charge in [-0.25, -0.2) is 28.4 Å². The minimum Gasteiger partial charge on any atom is -0.508 e. The number of phenolic OH excluding ortho intramolecular Hbond substituents is 1. The average molecular weight is 493 g/mol. The van der Waals surface area contributed by atoms with Crippen molar-refractivity contribution in [3.8, 4) is 16.9 Å². The quantitative estimate of drug-likeness (QED) is 0.422. The standard InChI is InChI=1S/C23H20N6O5S/c30-17-3-1-2-16(10-17)15-4-6-18(7-5-15)35(33,34)29-9-8-28(13-20(29)23(31)32)21-12-25-19-11-24-14-26-22(19)27-21/h1-7,10-12,14,20,30H,8-9,13H2,(H,31,32). The molecule has 1 fully saturated rings. The van der Waals surface area contributed by atoms with Gasteiger partial charge in [0, 0.05) is 19.6 Å². The zero-order chi connectivity index (χ0) is 24.6. The molecule has 0 aliphatic carbocycles. The number of carbonyl (C=O) groups is 1. The number of aromatic nitrogens is 4. The number of rotatable bonds is 5. The van der Waals surface area contributed by atoms with Gasteiger partial charge in [0.1, 0.15) is 29.5 Å². The number of carboxylic acid groups (broad SMARTS) is 1. The Morgan fingerprint density at radius 3 is 2.54 bits per heavy atom. The van der Waals surface area contributed by atoms with E-state index in [9.17, 15) is 23.4 Å². The first-order valence-electron chi connectivity index (χ1n) is 10.6. The van der Waals surface area contributed by atoms with Crippen molar-refractivity contribution in [2.24, 2.45) is 0 Å². The van der Waals surface area contributed by atoms with Gasteiger partial charge < -0.3 is 15.1 Å². The predicted molar refractivity (Wildman–Crippen MR) is 126 cm³/mol. The monoisotopic (exact) mass is 492 g/mol. The number of anilines is 1. The molecular formula is C23H20N6O5S. The number of piperazine rings is 1. The Bertz CT molecular complexity index is 1510. The Kier molecular flexibility index (Phi) is 5.75. The van der Waals surface area contributed by atoms with Crippen LogP contribution >= 0.6 is 0 Å². The van der Waals surface area contributed by atoms with Crippen LogP contribution in [0.15, 0.2) is 72.1 Å². The van der Waals surface area contributed by atoms with Crippen LogP contribution in [-0.2, 0) is 14.8 Å². The lowest BCUT2D eigenvalue weighted by Gasteiger charge is -2.38. The Morgan fingerprint density at radius 2 is 1.80 bits per heavy atom. The van der Waals surface area contributed by atoms with E-state index in [1.54, 1.807) is 41.3 Å². The number of carboxylic acids is 1. The number of benzene rings is 2. The fraction of sp³-hybridized carbons (Fsp3) is 0.174. The number of aliphatic carboxylic acids is 1. The van der Waals surface area contributed by atoms with E-state index in [0.29, 0.717) is 17.0 Å². The minimum absolute atomic E-state index is 0.0108. The lowest BCUT2D eigenvalue weighted by Crippen LogP contribution is -2.58.